The third-order valence-corrected chi connectivity index (χ3v) is 5.15. The van der Waals surface area contributed by atoms with Gasteiger partial charge < -0.3 is 10.4 Å². The molecule has 1 fully saturated rings. The number of aromatic hydroxyl groups is 1. The van der Waals surface area contributed by atoms with Gasteiger partial charge >= 0.3 is 0 Å². The predicted molar refractivity (Wildman–Crippen MR) is 109 cm³/mol. The van der Waals surface area contributed by atoms with Crippen molar-refractivity contribution in [3.05, 3.63) is 26.6 Å². The van der Waals surface area contributed by atoms with Gasteiger partial charge in [-0.1, -0.05) is 42.1 Å². The van der Waals surface area contributed by atoms with E-state index in [0.717, 1.165) is 47.1 Å². The molecule has 0 unspecified atom stereocenters. The molecule has 1 aromatic rings. The molecule has 0 bridgehead atoms. The Balaban J connectivity index is 0.00000242. The summed E-state index contributed by atoms with van der Waals surface area (Å²) in [6.45, 7) is 6.37. The van der Waals surface area contributed by atoms with Gasteiger partial charge in [-0.25, -0.2) is 0 Å². The topological polar surface area (TPSA) is 35.5 Å². The molecule has 1 aliphatic rings. The Kier molecular flexibility index (Phi) is 12.2. The van der Waals surface area contributed by atoms with Gasteiger partial charge in [-0.2, -0.15) is 0 Å². The molecular formula is C16H26Br2Cl2N2O. The van der Waals surface area contributed by atoms with Crippen LogP contribution in [0.1, 0.15) is 44.2 Å². The van der Waals surface area contributed by atoms with Crippen LogP contribution in [-0.2, 0) is 0 Å². The first-order valence-corrected chi connectivity index (χ1v) is 9.34. The highest BCUT2D eigenvalue weighted by atomic mass is 79.9. The predicted octanol–water partition coefficient (Wildman–Crippen LogP) is 5.29. The molecule has 0 aliphatic carbocycles. The lowest BCUT2D eigenvalue weighted by atomic mass is 9.97. The second kappa shape index (κ2) is 11.9. The second-order valence-corrected chi connectivity index (χ2v) is 7.39. The van der Waals surface area contributed by atoms with Crippen LogP contribution >= 0.6 is 56.7 Å². The fourth-order valence-electron chi connectivity index (χ4n) is 2.96. The Morgan fingerprint density at radius 3 is 2.43 bits per heavy atom. The van der Waals surface area contributed by atoms with Crippen molar-refractivity contribution in [3.8, 4) is 5.75 Å². The molecule has 7 heteroatoms. The molecule has 0 saturated carbocycles. The van der Waals surface area contributed by atoms with Gasteiger partial charge in [-0.3, -0.25) is 4.90 Å². The Morgan fingerprint density at radius 1 is 1.17 bits per heavy atom. The average Bonchev–Trinajstić information content (AvgIpc) is 2.49. The number of hydrogen-bond acceptors (Lipinski definition) is 3. The molecule has 0 aromatic heterocycles. The smallest absolute Gasteiger partial charge is 0.134 e. The van der Waals surface area contributed by atoms with E-state index in [1.54, 1.807) is 0 Å². The Labute approximate surface area is 168 Å². The van der Waals surface area contributed by atoms with Gasteiger partial charge in [0.1, 0.15) is 5.75 Å². The van der Waals surface area contributed by atoms with Crippen molar-refractivity contribution in [2.24, 2.45) is 0 Å². The minimum atomic E-state index is 0. The zero-order valence-electron chi connectivity index (χ0n) is 13.4. The lowest BCUT2D eigenvalue weighted by Crippen LogP contribution is -2.45. The fourth-order valence-corrected chi connectivity index (χ4v) is 4.21. The van der Waals surface area contributed by atoms with E-state index in [2.05, 4.69) is 55.1 Å². The number of phenolic OH excluding ortho intramolecular Hbond substituents is 1. The minimum absolute atomic E-state index is 0. The van der Waals surface area contributed by atoms with Gasteiger partial charge in [0.2, 0.25) is 0 Å². The molecule has 23 heavy (non-hydrogen) atoms. The number of benzene rings is 1. The first kappa shape index (κ1) is 23.5. The van der Waals surface area contributed by atoms with Gasteiger partial charge in [-0.05, 0) is 34.5 Å². The third-order valence-electron chi connectivity index (χ3n) is 4.09. The highest BCUT2D eigenvalue weighted by Crippen LogP contribution is 2.39. The van der Waals surface area contributed by atoms with E-state index in [0.29, 0.717) is 11.8 Å². The van der Waals surface area contributed by atoms with Crippen molar-refractivity contribution in [1.29, 1.82) is 0 Å². The van der Waals surface area contributed by atoms with Gasteiger partial charge in [-0.15, -0.1) is 24.8 Å². The molecule has 0 radical (unpaired) electrons. The van der Waals surface area contributed by atoms with E-state index in [9.17, 15) is 5.11 Å². The van der Waals surface area contributed by atoms with E-state index in [1.165, 1.54) is 19.3 Å². The maximum absolute atomic E-state index is 10.5. The zero-order chi connectivity index (χ0) is 15.2. The standard InChI is InChI=1S/C16H24Br2N2O.2ClH/c1-2-3-4-5-15(20-8-6-19-7-9-20)13-10-12(17)11-14(18)16(13)21;;/h10-11,15,19,21H,2-9H2,1H3;2*1H/t15-;;/m1../s1. The van der Waals surface area contributed by atoms with Crippen molar-refractivity contribution in [1.82, 2.24) is 10.2 Å². The maximum atomic E-state index is 10.5. The van der Waals surface area contributed by atoms with Gasteiger partial charge in [0, 0.05) is 42.3 Å². The number of nitrogens with zero attached hydrogens (tertiary/aromatic N) is 1. The number of hydrogen-bond donors (Lipinski definition) is 2. The first-order chi connectivity index (χ1) is 10.1. The third kappa shape index (κ3) is 6.71. The lowest BCUT2D eigenvalue weighted by Gasteiger charge is -2.36. The van der Waals surface area contributed by atoms with Crippen LogP contribution in [0.4, 0.5) is 0 Å². The Morgan fingerprint density at radius 2 is 1.83 bits per heavy atom. The van der Waals surface area contributed by atoms with Crippen LogP contribution in [0, 0.1) is 0 Å². The molecule has 0 amide bonds. The zero-order valence-corrected chi connectivity index (χ0v) is 18.2. The van der Waals surface area contributed by atoms with Crippen molar-refractivity contribution in [3.63, 3.8) is 0 Å². The Hall–Kier alpha value is 0.480. The van der Waals surface area contributed by atoms with Crippen LogP contribution in [0.25, 0.3) is 0 Å². The number of unbranched alkanes of at least 4 members (excludes halogenated alkanes) is 2. The molecule has 1 aliphatic heterocycles. The summed E-state index contributed by atoms with van der Waals surface area (Å²) < 4.78 is 1.78. The second-order valence-electron chi connectivity index (χ2n) is 5.62. The van der Waals surface area contributed by atoms with Gasteiger partial charge in [0.25, 0.3) is 0 Å². The molecule has 3 nitrogen and oxygen atoms in total. The van der Waals surface area contributed by atoms with E-state index in [4.69, 9.17) is 0 Å². The van der Waals surface area contributed by atoms with Crippen LogP contribution < -0.4 is 5.32 Å². The summed E-state index contributed by atoms with van der Waals surface area (Å²) in [4.78, 5) is 2.50. The summed E-state index contributed by atoms with van der Waals surface area (Å²) in [5, 5.41) is 13.9. The summed E-state index contributed by atoms with van der Waals surface area (Å²) in [6, 6.07) is 4.27. The molecule has 2 rings (SSSR count). The SMILES string of the molecule is CCCCC[C@H](c1cc(Br)cc(Br)c1O)N1CCNCC1.Cl.Cl. The van der Waals surface area contributed by atoms with Gasteiger partial charge in [0.15, 0.2) is 0 Å². The van der Waals surface area contributed by atoms with Crippen LogP contribution in [0.15, 0.2) is 21.1 Å². The largest absolute Gasteiger partial charge is 0.506 e. The summed E-state index contributed by atoms with van der Waals surface area (Å²) in [6.07, 6.45) is 4.78. The monoisotopic (exact) mass is 490 g/mol. The highest BCUT2D eigenvalue weighted by Gasteiger charge is 2.25. The van der Waals surface area contributed by atoms with Crippen molar-refractivity contribution >= 4 is 56.7 Å². The molecule has 1 atom stereocenters. The molecule has 1 aromatic carbocycles. The number of phenols is 1. The van der Waals surface area contributed by atoms with Crippen molar-refractivity contribution < 1.29 is 5.11 Å². The molecule has 1 heterocycles. The van der Waals surface area contributed by atoms with Crippen molar-refractivity contribution in [2.75, 3.05) is 26.2 Å². The molecule has 2 N–H and O–H groups in total. The lowest BCUT2D eigenvalue weighted by molar-refractivity contribution is 0.160. The first-order valence-electron chi connectivity index (χ1n) is 7.76. The summed E-state index contributed by atoms with van der Waals surface area (Å²) in [5.41, 5.74) is 1.04. The number of nitrogens with one attached hydrogen (secondary N) is 1. The summed E-state index contributed by atoms with van der Waals surface area (Å²) in [5.74, 6) is 0.387. The molecule has 134 valence electrons. The number of halogens is 4. The van der Waals surface area contributed by atoms with E-state index in [1.807, 2.05) is 6.07 Å². The average molecular weight is 493 g/mol. The quantitative estimate of drug-likeness (QED) is 0.530. The van der Waals surface area contributed by atoms with E-state index in [-0.39, 0.29) is 24.8 Å². The molecule has 1 saturated heterocycles. The molecule has 0 spiro atoms. The van der Waals surface area contributed by atoms with Crippen LogP contribution in [0.3, 0.4) is 0 Å². The summed E-state index contributed by atoms with van der Waals surface area (Å²) in [7, 11) is 0. The Bertz CT molecular complexity index is 472. The molecular weight excluding hydrogens is 467 g/mol. The van der Waals surface area contributed by atoms with Crippen LogP contribution in [0.5, 0.6) is 5.75 Å². The minimum Gasteiger partial charge on any atom is -0.506 e. The summed E-state index contributed by atoms with van der Waals surface area (Å²) >= 11 is 7.01. The van der Waals surface area contributed by atoms with Gasteiger partial charge in [0.05, 0.1) is 4.47 Å². The van der Waals surface area contributed by atoms with Crippen LogP contribution in [0.2, 0.25) is 0 Å². The fraction of sp³-hybridized carbons (Fsp3) is 0.625. The van der Waals surface area contributed by atoms with E-state index < -0.39 is 0 Å². The maximum Gasteiger partial charge on any atom is 0.134 e. The van der Waals surface area contributed by atoms with E-state index >= 15 is 0 Å². The van der Waals surface area contributed by atoms with Crippen molar-refractivity contribution in [2.45, 2.75) is 38.6 Å². The number of rotatable bonds is 6. The normalized spacial score (nSPS) is 16.3. The van der Waals surface area contributed by atoms with Crippen LogP contribution in [-0.4, -0.2) is 36.2 Å². The number of piperazine rings is 1. The highest BCUT2D eigenvalue weighted by molar-refractivity contribution is 9.11.